The SMILES string of the molecule is Cc1oc(CN(C)C(=O)C2(C)CCCCCC2)cc1C(=O)O. The smallest absolute Gasteiger partial charge is 0.339 e. The van der Waals surface area contributed by atoms with Crippen molar-refractivity contribution < 1.29 is 19.1 Å². The van der Waals surface area contributed by atoms with Crippen molar-refractivity contribution >= 4 is 11.9 Å². The summed E-state index contributed by atoms with van der Waals surface area (Å²) in [6.45, 7) is 3.98. The maximum absolute atomic E-state index is 12.8. The third-order valence-electron chi connectivity index (χ3n) is 4.66. The van der Waals surface area contributed by atoms with Gasteiger partial charge >= 0.3 is 5.97 Å². The third-order valence-corrected chi connectivity index (χ3v) is 4.66. The Balaban J connectivity index is 2.07. The summed E-state index contributed by atoms with van der Waals surface area (Å²) in [6.07, 6.45) is 6.44. The molecule has 1 fully saturated rings. The fourth-order valence-electron chi connectivity index (χ4n) is 3.32. The molecule has 0 radical (unpaired) electrons. The van der Waals surface area contributed by atoms with Crippen LogP contribution in [0.3, 0.4) is 0 Å². The van der Waals surface area contributed by atoms with Crippen molar-refractivity contribution in [2.45, 2.75) is 58.9 Å². The zero-order valence-corrected chi connectivity index (χ0v) is 13.6. The molecule has 0 saturated heterocycles. The molecule has 1 aliphatic carbocycles. The Hall–Kier alpha value is -1.78. The van der Waals surface area contributed by atoms with Crippen molar-refractivity contribution in [3.05, 3.63) is 23.2 Å². The lowest BCUT2D eigenvalue weighted by Gasteiger charge is -2.31. The second-order valence-electron chi connectivity index (χ2n) is 6.62. The van der Waals surface area contributed by atoms with Gasteiger partial charge in [-0.3, -0.25) is 4.79 Å². The van der Waals surface area contributed by atoms with Gasteiger partial charge in [-0.1, -0.05) is 32.6 Å². The maximum Gasteiger partial charge on any atom is 0.339 e. The molecular formula is C17H25NO4. The third kappa shape index (κ3) is 3.51. The quantitative estimate of drug-likeness (QED) is 0.863. The molecule has 1 aliphatic rings. The van der Waals surface area contributed by atoms with Crippen molar-refractivity contribution in [3.63, 3.8) is 0 Å². The summed E-state index contributed by atoms with van der Waals surface area (Å²) >= 11 is 0. The Bertz CT molecular complexity index is 553. The van der Waals surface area contributed by atoms with Crippen LogP contribution in [0.4, 0.5) is 0 Å². The van der Waals surface area contributed by atoms with Crippen LogP contribution >= 0.6 is 0 Å². The van der Waals surface area contributed by atoms with Crippen molar-refractivity contribution in [1.82, 2.24) is 4.90 Å². The molecule has 0 unspecified atom stereocenters. The Kier molecular flexibility index (Phi) is 4.94. The van der Waals surface area contributed by atoms with E-state index >= 15 is 0 Å². The molecule has 122 valence electrons. The molecule has 5 nitrogen and oxygen atoms in total. The van der Waals surface area contributed by atoms with Gasteiger partial charge in [-0.2, -0.15) is 0 Å². The van der Waals surface area contributed by atoms with Crippen molar-refractivity contribution in [2.75, 3.05) is 7.05 Å². The first kappa shape index (κ1) is 16.6. The van der Waals surface area contributed by atoms with Crippen LogP contribution in [0, 0.1) is 12.3 Å². The number of aromatic carboxylic acids is 1. The molecular weight excluding hydrogens is 282 g/mol. The van der Waals surface area contributed by atoms with Crippen LogP contribution in [-0.2, 0) is 11.3 Å². The highest BCUT2D eigenvalue weighted by atomic mass is 16.4. The predicted octanol–water partition coefficient (Wildman–Crippen LogP) is 3.61. The number of aryl methyl sites for hydroxylation is 1. The van der Waals surface area contributed by atoms with E-state index in [0.29, 0.717) is 18.1 Å². The number of carboxylic acid groups (broad SMARTS) is 1. The molecule has 1 amide bonds. The van der Waals surface area contributed by atoms with E-state index in [-0.39, 0.29) is 16.9 Å². The van der Waals surface area contributed by atoms with Crippen LogP contribution in [0.1, 0.15) is 67.3 Å². The van der Waals surface area contributed by atoms with Gasteiger partial charge in [0, 0.05) is 12.5 Å². The van der Waals surface area contributed by atoms with Crippen LogP contribution in [0.15, 0.2) is 10.5 Å². The number of hydrogen-bond donors (Lipinski definition) is 1. The standard InChI is InChI=1S/C17H25NO4/c1-12-14(15(19)20)10-13(22-12)11-18(3)16(21)17(2)8-6-4-5-7-9-17/h10H,4-9,11H2,1-3H3,(H,19,20). The van der Waals surface area contributed by atoms with E-state index in [9.17, 15) is 9.59 Å². The average molecular weight is 307 g/mol. The van der Waals surface area contributed by atoms with Crippen LogP contribution < -0.4 is 0 Å². The lowest BCUT2D eigenvalue weighted by molar-refractivity contribution is -0.141. The summed E-state index contributed by atoms with van der Waals surface area (Å²) in [4.78, 5) is 25.5. The number of carbonyl (C=O) groups excluding carboxylic acids is 1. The van der Waals surface area contributed by atoms with Gasteiger partial charge in [-0.05, 0) is 25.8 Å². The highest BCUT2D eigenvalue weighted by molar-refractivity contribution is 5.88. The molecule has 1 aromatic heterocycles. The van der Waals surface area contributed by atoms with Gasteiger partial charge in [-0.15, -0.1) is 0 Å². The van der Waals surface area contributed by atoms with Crippen LogP contribution in [-0.4, -0.2) is 28.9 Å². The monoisotopic (exact) mass is 307 g/mol. The Morgan fingerprint density at radius 1 is 1.27 bits per heavy atom. The number of carboxylic acids is 1. The van der Waals surface area contributed by atoms with Gasteiger partial charge in [-0.25, -0.2) is 4.79 Å². The Morgan fingerprint density at radius 3 is 2.36 bits per heavy atom. The van der Waals surface area contributed by atoms with E-state index in [1.54, 1.807) is 18.9 Å². The molecule has 0 atom stereocenters. The fraction of sp³-hybridized carbons (Fsp3) is 0.647. The zero-order chi connectivity index (χ0) is 16.3. The zero-order valence-electron chi connectivity index (χ0n) is 13.6. The highest BCUT2D eigenvalue weighted by Gasteiger charge is 2.35. The van der Waals surface area contributed by atoms with Gasteiger partial charge in [0.1, 0.15) is 17.1 Å². The van der Waals surface area contributed by atoms with Crippen LogP contribution in [0.2, 0.25) is 0 Å². The second-order valence-corrected chi connectivity index (χ2v) is 6.62. The molecule has 1 saturated carbocycles. The van der Waals surface area contributed by atoms with E-state index in [2.05, 4.69) is 0 Å². The predicted molar refractivity (Wildman–Crippen MR) is 82.7 cm³/mol. The number of carbonyl (C=O) groups is 2. The minimum Gasteiger partial charge on any atom is -0.478 e. The largest absolute Gasteiger partial charge is 0.478 e. The van der Waals surface area contributed by atoms with E-state index in [4.69, 9.17) is 9.52 Å². The minimum atomic E-state index is -1.00. The Morgan fingerprint density at radius 2 is 1.86 bits per heavy atom. The van der Waals surface area contributed by atoms with Crippen molar-refractivity contribution in [3.8, 4) is 0 Å². The fourth-order valence-corrected chi connectivity index (χ4v) is 3.32. The summed E-state index contributed by atoms with van der Waals surface area (Å²) in [5.41, 5.74) is -0.140. The van der Waals surface area contributed by atoms with Crippen molar-refractivity contribution in [1.29, 1.82) is 0 Å². The molecule has 0 aliphatic heterocycles. The first-order valence-electron chi connectivity index (χ1n) is 7.92. The molecule has 0 bridgehead atoms. The average Bonchev–Trinajstić information content (AvgIpc) is 2.68. The topological polar surface area (TPSA) is 70.8 Å². The lowest BCUT2D eigenvalue weighted by Crippen LogP contribution is -2.39. The first-order chi connectivity index (χ1) is 10.3. The van der Waals surface area contributed by atoms with E-state index < -0.39 is 5.97 Å². The number of nitrogens with zero attached hydrogens (tertiary/aromatic N) is 1. The van der Waals surface area contributed by atoms with Crippen LogP contribution in [0.5, 0.6) is 0 Å². The van der Waals surface area contributed by atoms with Gasteiger partial charge < -0.3 is 14.4 Å². The number of amides is 1. The molecule has 1 aromatic rings. The molecule has 0 spiro atoms. The molecule has 2 rings (SSSR count). The summed E-state index contributed by atoms with van der Waals surface area (Å²) in [5.74, 6) is 0.0181. The summed E-state index contributed by atoms with van der Waals surface area (Å²) in [6, 6.07) is 1.51. The molecule has 22 heavy (non-hydrogen) atoms. The van der Waals surface area contributed by atoms with Gasteiger partial charge in [0.2, 0.25) is 5.91 Å². The molecule has 0 aromatic carbocycles. The van der Waals surface area contributed by atoms with Crippen LogP contribution in [0.25, 0.3) is 0 Å². The molecule has 1 heterocycles. The number of hydrogen-bond acceptors (Lipinski definition) is 3. The Labute approximate surface area is 131 Å². The van der Waals surface area contributed by atoms with Gasteiger partial charge in [0.25, 0.3) is 0 Å². The number of furan rings is 1. The normalized spacial score (nSPS) is 17.8. The van der Waals surface area contributed by atoms with Gasteiger partial charge in [0.05, 0.1) is 6.54 Å². The first-order valence-corrected chi connectivity index (χ1v) is 7.92. The van der Waals surface area contributed by atoms with E-state index in [1.807, 2.05) is 6.92 Å². The summed E-state index contributed by atoms with van der Waals surface area (Å²) in [5, 5.41) is 9.06. The number of rotatable bonds is 4. The maximum atomic E-state index is 12.8. The summed E-state index contributed by atoms with van der Waals surface area (Å²) < 4.78 is 5.47. The highest BCUT2D eigenvalue weighted by Crippen LogP contribution is 2.36. The molecule has 1 N–H and O–H groups in total. The van der Waals surface area contributed by atoms with Crippen molar-refractivity contribution in [2.24, 2.45) is 5.41 Å². The van der Waals surface area contributed by atoms with Gasteiger partial charge in [0.15, 0.2) is 0 Å². The minimum absolute atomic E-state index is 0.125. The van der Waals surface area contributed by atoms with E-state index in [1.165, 1.54) is 18.9 Å². The van der Waals surface area contributed by atoms with E-state index in [0.717, 1.165) is 25.7 Å². The summed E-state index contributed by atoms with van der Waals surface area (Å²) in [7, 11) is 1.76. The second kappa shape index (κ2) is 6.55. The molecule has 5 heteroatoms. The lowest BCUT2D eigenvalue weighted by atomic mass is 9.81.